The molecule has 2 rings (SSSR count). The summed E-state index contributed by atoms with van der Waals surface area (Å²) >= 11 is 13.0. The lowest BCUT2D eigenvalue weighted by atomic mass is 10.1. The topological polar surface area (TPSA) is 42.9 Å². The molecule has 6 heteroatoms. The van der Waals surface area contributed by atoms with Crippen LogP contribution in [0.5, 0.6) is 0 Å². The number of carbonyl (C=O) groups excluding carboxylic acids is 1. The first-order valence-electron chi connectivity index (χ1n) is 5.40. The number of hydrogen-bond donors (Lipinski definition) is 0. The average Bonchev–Trinajstić information content (AvgIpc) is 2.81. The van der Waals surface area contributed by atoms with Crippen molar-refractivity contribution in [1.82, 2.24) is 9.59 Å². The summed E-state index contributed by atoms with van der Waals surface area (Å²) in [7, 11) is 0. The van der Waals surface area contributed by atoms with E-state index in [9.17, 15) is 4.79 Å². The summed E-state index contributed by atoms with van der Waals surface area (Å²) in [5.74, 6) is -0.00827. The maximum Gasteiger partial charge on any atom is 0.180 e. The van der Waals surface area contributed by atoms with Gasteiger partial charge in [0.2, 0.25) is 0 Å². The normalized spacial score (nSPS) is 10.6. The van der Waals surface area contributed by atoms with Crippen molar-refractivity contribution in [3.8, 4) is 0 Å². The number of rotatable bonds is 4. The average molecular weight is 301 g/mol. The third-order valence-electron chi connectivity index (χ3n) is 2.51. The summed E-state index contributed by atoms with van der Waals surface area (Å²) in [6.45, 7) is 1.95. The molecular weight excluding hydrogens is 291 g/mol. The maximum atomic E-state index is 12.1. The van der Waals surface area contributed by atoms with Crippen molar-refractivity contribution < 1.29 is 4.79 Å². The minimum absolute atomic E-state index is 0.00827. The van der Waals surface area contributed by atoms with Crippen molar-refractivity contribution in [3.05, 3.63) is 44.4 Å². The highest BCUT2D eigenvalue weighted by molar-refractivity contribution is 7.08. The molecule has 0 unspecified atom stereocenters. The summed E-state index contributed by atoms with van der Waals surface area (Å²) in [6.07, 6.45) is 0.943. The lowest BCUT2D eigenvalue weighted by Crippen LogP contribution is -2.05. The number of nitrogens with zero attached hydrogens (tertiary/aromatic N) is 2. The molecule has 0 saturated carbocycles. The van der Waals surface area contributed by atoms with Gasteiger partial charge in [0.25, 0.3) is 0 Å². The molecule has 3 nitrogen and oxygen atoms in total. The molecule has 0 aliphatic rings. The number of aromatic nitrogens is 2. The molecule has 2 aromatic rings. The third kappa shape index (κ3) is 2.88. The van der Waals surface area contributed by atoms with Crippen LogP contribution in [0, 0.1) is 0 Å². The minimum Gasteiger partial charge on any atom is -0.293 e. The number of benzene rings is 1. The molecule has 1 aromatic carbocycles. The van der Waals surface area contributed by atoms with E-state index in [-0.39, 0.29) is 12.2 Å². The maximum absolute atomic E-state index is 12.1. The van der Waals surface area contributed by atoms with Crippen molar-refractivity contribution in [3.63, 3.8) is 0 Å². The fraction of sp³-hybridized carbons (Fsp3) is 0.250. The standard InChI is InChI=1S/C12H10Cl2N2OS/c1-2-10-12(18-16-15-10)11(17)5-7-3-4-8(13)6-9(7)14/h3-4,6H,2,5H2,1H3. The second kappa shape index (κ2) is 5.78. The van der Waals surface area contributed by atoms with Crippen LogP contribution in [0.4, 0.5) is 0 Å². The van der Waals surface area contributed by atoms with Gasteiger partial charge in [0.15, 0.2) is 5.78 Å². The summed E-state index contributed by atoms with van der Waals surface area (Å²) in [5, 5.41) is 4.99. The predicted octanol–water partition coefficient (Wildman–Crippen LogP) is 3.83. The first-order chi connectivity index (χ1) is 8.61. The zero-order valence-electron chi connectivity index (χ0n) is 9.61. The van der Waals surface area contributed by atoms with Crippen LogP contribution in [-0.4, -0.2) is 15.4 Å². The predicted molar refractivity (Wildman–Crippen MR) is 73.8 cm³/mol. The van der Waals surface area contributed by atoms with E-state index >= 15 is 0 Å². The van der Waals surface area contributed by atoms with Gasteiger partial charge >= 0.3 is 0 Å². The van der Waals surface area contributed by atoms with E-state index < -0.39 is 0 Å². The largest absolute Gasteiger partial charge is 0.293 e. The van der Waals surface area contributed by atoms with Gasteiger partial charge in [-0.15, -0.1) is 5.10 Å². The zero-order valence-corrected chi connectivity index (χ0v) is 11.9. The summed E-state index contributed by atoms with van der Waals surface area (Å²) in [6, 6.07) is 5.13. The Hall–Kier alpha value is -0.970. The smallest absolute Gasteiger partial charge is 0.180 e. The summed E-state index contributed by atoms with van der Waals surface area (Å²) < 4.78 is 3.81. The van der Waals surface area contributed by atoms with Gasteiger partial charge in [-0.3, -0.25) is 4.79 Å². The van der Waals surface area contributed by atoms with Gasteiger partial charge in [0, 0.05) is 16.5 Å². The monoisotopic (exact) mass is 300 g/mol. The third-order valence-corrected chi connectivity index (χ3v) is 3.91. The molecule has 0 radical (unpaired) electrons. The number of hydrogen-bond acceptors (Lipinski definition) is 4. The molecule has 0 amide bonds. The van der Waals surface area contributed by atoms with Gasteiger partial charge in [-0.05, 0) is 35.6 Å². The Labute approximate surface area is 119 Å². The number of carbonyl (C=O) groups is 1. The van der Waals surface area contributed by atoms with Crippen molar-refractivity contribution in [2.75, 3.05) is 0 Å². The molecule has 18 heavy (non-hydrogen) atoms. The second-order valence-electron chi connectivity index (χ2n) is 3.74. The van der Waals surface area contributed by atoms with Crippen molar-refractivity contribution in [1.29, 1.82) is 0 Å². The van der Waals surface area contributed by atoms with Crippen LogP contribution in [0.25, 0.3) is 0 Å². The van der Waals surface area contributed by atoms with E-state index in [4.69, 9.17) is 23.2 Å². The van der Waals surface area contributed by atoms with Crippen molar-refractivity contribution in [2.45, 2.75) is 19.8 Å². The molecule has 94 valence electrons. The van der Waals surface area contributed by atoms with Crippen LogP contribution in [0.2, 0.25) is 10.0 Å². The van der Waals surface area contributed by atoms with E-state index in [1.54, 1.807) is 18.2 Å². The molecule has 0 bridgehead atoms. The Morgan fingerprint density at radius 2 is 2.17 bits per heavy atom. The van der Waals surface area contributed by atoms with E-state index in [1.807, 2.05) is 6.92 Å². The number of ketones is 1. The number of halogens is 2. The highest BCUT2D eigenvalue weighted by Gasteiger charge is 2.16. The van der Waals surface area contributed by atoms with Crippen molar-refractivity contribution >= 4 is 40.5 Å². The second-order valence-corrected chi connectivity index (χ2v) is 5.34. The molecule has 0 fully saturated rings. The fourth-order valence-electron chi connectivity index (χ4n) is 1.57. The molecule has 0 spiro atoms. The molecule has 1 heterocycles. The number of Topliss-reactive ketones (excluding diaryl/α,β-unsaturated/α-hetero) is 1. The highest BCUT2D eigenvalue weighted by atomic mass is 35.5. The first-order valence-corrected chi connectivity index (χ1v) is 6.93. The van der Waals surface area contributed by atoms with Gasteiger partial charge < -0.3 is 0 Å². The lowest BCUT2D eigenvalue weighted by molar-refractivity contribution is 0.0996. The van der Waals surface area contributed by atoms with Gasteiger partial charge in [0.05, 0.1) is 5.69 Å². The fourth-order valence-corrected chi connectivity index (χ4v) is 2.73. The Morgan fingerprint density at radius 3 is 2.83 bits per heavy atom. The van der Waals surface area contributed by atoms with Crippen LogP contribution >= 0.6 is 34.7 Å². The Kier molecular flexibility index (Phi) is 4.32. The van der Waals surface area contributed by atoms with E-state index in [2.05, 4.69) is 9.59 Å². The lowest BCUT2D eigenvalue weighted by Gasteiger charge is -2.03. The zero-order chi connectivity index (χ0) is 13.1. The van der Waals surface area contributed by atoms with Gasteiger partial charge in [-0.1, -0.05) is 40.7 Å². The molecule has 0 aliphatic heterocycles. The van der Waals surface area contributed by atoms with E-state index in [1.165, 1.54) is 0 Å². The Morgan fingerprint density at radius 1 is 1.39 bits per heavy atom. The van der Waals surface area contributed by atoms with Crippen LogP contribution in [0.3, 0.4) is 0 Å². The SMILES string of the molecule is CCc1nnsc1C(=O)Cc1ccc(Cl)cc1Cl. The van der Waals surface area contributed by atoms with Crippen LogP contribution in [0.15, 0.2) is 18.2 Å². The summed E-state index contributed by atoms with van der Waals surface area (Å²) in [4.78, 5) is 12.7. The Balaban J connectivity index is 2.21. The molecule has 0 saturated heterocycles. The van der Waals surface area contributed by atoms with Crippen LogP contribution < -0.4 is 0 Å². The van der Waals surface area contributed by atoms with Gasteiger partial charge in [-0.2, -0.15) is 0 Å². The van der Waals surface area contributed by atoms with E-state index in [0.717, 1.165) is 22.8 Å². The van der Waals surface area contributed by atoms with Gasteiger partial charge in [0.1, 0.15) is 4.88 Å². The number of aryl methyl sites for hydroxylation is 1. The Bertz CT molecular complexity index is 583. The quantitative estimate of drug-likeness (QED) is 0.806. The van der Waals surface area contributed by atoms with E-state index in [0.29, 0.717) is 21.3 Å². The van der Waals surface area contributed by atoms with Crippen LogP contribution in [0.1, 0.15) is 27.9 Å². The summed E-state index contributed by atoms with van der Waals surface area (Å²) in [5.41, 5.74) is 1.51. The van der Waals surface area contributed by atoms with Gasteiger partial charge in [-0.25, -0.2) is 0 Å². The molecular formula is C12H10Cl2N2OS. The molecule has 1 aromatic heterocycles. The first kappa shape index (κ1) is 13.5. The van der Waals surface area contributed by atoms with Crippen LogP contribution in [-0.2, 0) is 12.8 Å². The van der Waals surface area contributed by atoms with Crippen molar-refractivity contribution in [2.24, 2.45) is 0 Å². The highest BCUT2D eigenvalue weighted by Crippen LogP contribution is 2.23. The molecule has 0 aliphatic carbocycles. The molecule has 0 atom stereocenters. The molecule has 0 N–H and O–H groups in total. The minimum atomic E-state index is -0.00827.